The highest BCUT2D eigenvalue weighted by Gasteiger charge is 2.35. The van der Waals surface area contributed by atoms with Crippen molar-refractivity contribution in [2.24, 2.45) is 5.92 Å². The smallest absolute Gasteiger partial charge is 0.0773 e. The van der Waals surface area contributed by atoms with Crippen LogP contribution in [0.4, 0.5) is 5.69 Å². The van der Waals surface area contributed by atoms with Crippen LogP contribution in [0.25, 0.3) is 0 Å². The number of hydrogen-bond acceptors (Lipinski definition) is 2. The minimum absolute atomic E-state index is 0.379. The van der Waals surface area contributed by atoms with Crippen molar-refractivity contribution in [1.82, 2.24) is 0 Å². The molecular weight excluding hydrogens is 246 g/mol. The summed E-state index contributed by atoms with van der Waals surface area (Å²) in [6.07, 6.45) is 4.27. The zero-order valence-electron chi connectivity index (χ0n) is 13.4. The lowest BCUT2D eigenvalue weighted by Gasteiger charge is -2.29. The van der Waals surface area contributed by atoms with Crippen molar-refractivity contribution < 1.29 is 4.74 Å². The standard InChI is InChI=1S/C18H29NO/c1-5-9-15(4)20-17-12-18(14(2)3)19(13-17)16-10-7-6-8-11-16/h6-8,10-11,14-15,17-18H,5,9,12-13H2,1-4H3. The largest absolute Gasteiger partial charge is 0.373 e. The van der Waals surface area contributed by atoms with Crippen LogP contribution in [0.5, 0.6) is 0 Å². The van der Waals surface area contributed by atoms with E-state index in [1.807, 2.05) is 0 Å². The number of benzene rings is 1. The van der Waals surface area contributed by atoms with Crippen LogP contribution in [0.1, 0.15) is 47.0 Å². The Morgan fingerprint density at radius 1 is 1.20 bits per heavy atom. The second kappa shape index (κ2) is 7.12. The van der Waals surface area contributed by atoms with Gasteiger partial charge in [0.25, 0.3) is 0 Å². The molecule has 0 bridgehead atoms. The summed E-state index contributed by atoms with van der Waals surface area (Å²) in [5.74, 6) is 0.658. The second-order valence-corrected chi connectivity index (χ2v) is 6.39. The minimum atomic E-state index is 0.379. The number of nitrogens with zero attached hydrogens (tertiary/aromatic N) is 1. The molecule has 1 aliphatic rings. The second-order valence-electron chi connectivity index (χ2n) is 6.39. The molecule has 1 aromatic rings. The highest BCUT2D eigenvalue weighted by molar-refractivity contribution is 5.48. The van der Waals surface area contributed by atoms with Gasteiger partial charge in [-0.1, -0.05) is 45.4 Å². The first-order chi connectivity index (χ1) is 9.61. The van der Waals surface area contributed by atoms with Crippen LogP contribution in [0.2, 0.25) is 0 Å². The summed E-state index contributed by atoms with van der Waals surface area (Å²) < 4.78 is 6.24. The lowest BCUT2D eigenvalue weighted by Crippen LogP contribution is -2.33. The Balaban J connectivity index is 2.04. The fraction of sp³-hybridized carbons (Fsp3) is 0.667. The van der Waals surface area contributed by atoms with Gasteiger partial charge in [-0.25, -0.2) is 0 Å². The molecular formula is C18H29NO. The number of anilines is 1. The summed E-state index contributed by atoms with van der Waals surface area (Å²) in [7, 11) is 0. The first kappa shape index (κ1) is 15.4. The van der Waals surface area contributed by atoms with Gasteiger partial charge in [-0.05, 0) is 37.8 Å². The number of ether oxygens (including phenoxy) is 1. The van der Waals surface area contributed by atoms with Crippen molar-refractivity contribution in [2.75, 3.05) is 11.4 Å². The fourth-order valence-electron chi connectivity index (χ4n) is 3.28. The van der Waals surface area contributed by atoms with Crippen LogP contribution < -0.4 is 4.90 Å². The monoisotopic (exact) mass is 275 g/mol. The van der Waals surface area contributed by atoms with Gasteiger partial charge in [0.1, 0.15) is 0 Å². The highest BCUT2D eigenvalue weighted by Crippen LogP contribution is 2.31. The Morgan fingerprint density at radius 3 is 2.50 bits per heavy atom. The number of rotatable bonds is 6. The van der Waals surface area contributed by atoms with E-state index in [-0.39, 0.29) is 0 Å². The molecule has 2 nitrogen and oxygen atoms in total. The third-order valence-electron chi connectivity index (χ3n) is 4.28. The molecule has 0 amide bonds. The molecule has 0 N–H and O–H groups in total. The van der Waals surface area contributed by atoms with E-state index in [2.05, 4.69) is 62.9 Å². The van der Waals surface area contributed by atoms with E-state index in [1.165, 1.54) is 12.1 Å². The molecule has 112 valence electrons. The van der Waals surface area contributed by atoms with Gasteiger partial charge in [-0.15, -0.1) is 0 Å². The van der Waals surface area contributed by atoms with Crippen LogP contribution in [0.3, 0.4) is 0 Å². The van der Waals surface area contributed by atoms with E-state index in [4.69, 9.17) is 4.74 Å². The van der Waals surface area contributed by atoms with E-state index in [0.29, 0.717) is 24.2 Å². The van der Waals surface area contributed by atoms with Crippen LogP contribution >= 0.6 is 0 Å². The minimum Gasteiger partial charge on any atom is -0.373 e. The Hall–Kier alpha value is -1.02. The van der Waals surface area contributed by atoms with Crippen molar-refractivity contribution in [2.45, 2.75) is 65.2 Å². The molecule has 0 aliphatic carbocycles. The Labute approximate surface area is 124 Å². The molecule has 1 aliphatic heterocycles. The molecule has 1 heterocycles. The van der Waals surface area contributed by atoms with E-state index in [9.17, 15) is 0 Å². The molecule has 1 fully saturated rings. The maximum absolute atomic E-state index is 6.24. The normalized spacial score (nSPS) is 24.4. The highest BCUT2D eigenvalue weighted by atomic mass is 16.5. The zero-order valence-corrected chi connectivity index (χ0v) is 13.4. The molecule has 1 saturated heterocycles. The van der Waals surface area contributed by atoms with Gasteiger partial charge in [-0.3, -0.25) is 0 Å². The van der Waals surface area contributed by atoms with Crippen molar-refractivity contribution in [3.8, 4) is 0 Å². The van der Waals surface area contributed by atoms with Crippen molar-refractivity contribution in [1.29, 1.82) is 0 Å². The van der Waals surface area contributed by atoms with Crippen LogP contribution in [0.15, 0.2) is 30.3 Å². The zero-order chi connectivity index (χ0) is 14.5. The summed E-state index contributed by atoms with van der Waals surface area (Å²) in [5.41, 5.74) is 1.33. The van der Waals surface area contributed by atoms with Gasteiger partial charge in [0.15, 0.2) is 0 Å². The van der Waals surface area contributed by atoms with Crippen LogP contribution in [-0.4, -0.2) is 24.8 Å². The third kappa shape index (κ3) is 3.76. The molecule has 0 spiro atoms. The fourth-order valence-corrected chi connectivity index (χ4v) is 3.28. The average Bonchev–Trinajstić information content (AvgIpc) is 2.84. The predicted molar refractivity (Wildman–Crippen MR) is 86.3 cm³/mol. The maximum atomic E-state index is 6.24. The van der Waals surface area contributed by atoms with E-state index >= 15 is 0 Å². The Morgan fingerprint density at radius 2 is 1.90 bits per heavy atom. The summed E-state index contributed by atoms with van der Waals surface area (Å²) in [5, 5.41) is 0. The van der Waals surface area contributed by atoms with Crippen molar-refractivity contribution in [3.05, 3.63) is 30.3 Å². The molecule has 0 saturated carbocycles. The van der Waals surface area contributed by atoms with Gasteiger partial charge < -0.3 is 9.64 Å². The molecule has 20 heavy (non-hydrogen) atoms. The predicted octanol–water partition coefficient (Wildman–Crippen LogP) is 4.50. The molecule has 0 aromatic heterocycles. The Bertz CT molecular complexity index is 390. The molecule has 2 heteroatoms. The van der Waals surface area contributed by atoms with Gasteiger partial charge >= 0.3 is 0 Å². The average molecular weight is 275 g/mol. The topological polar surface area (TPSA) is 12.5 Å². The quantitative estimate of drug-likeness (QED) is 0.758. The van der Waals surface area contributed by atoms with Crippen LogP contribution in [-0.2, 0) is 4.74 Å². The van der Waals surface area contributed by atoms with E-state index in [0.717, 1.165) is 19.4 Å². The van der Waals surface area contributed by atoms with Gasteiger partial charge in [0, 0.05) is 18.3 Å². The summed E-state index contributed by atoms with van der Waals surface area (Å²) in [4.78, 5) is 2.54. The first-order valence-corrected chi connectivity index (χ1v) is 8.09. The molecule has 1 aromatic carbocycles. The Kier molecular flexibility index (Phi) is 5.47. The summed E-state index contributed by atoms with van der Waals surface area (Å²) in [6.45, 7) is 10.1. The molecule has 0 radical (unpaired) electrons. The molecule has 2 rings (SSSR count). The third-order valence-corrected chi connectivity index (χ3v) is 4.28. The molecule has 3 atom stereocenters. The number of para-hydroxylation sites is 1. The maximum Gasteiger partial charge on any atom is 0.0773 e. The van der Waals surface area contributed by atoms with Crippen molar-refractivity contribution >= 4 is 5.69 Å². The summed E-state index contributed by atoms with van der Waals surface area (Å²) >= 11 is 0. The van der Waals surface area contributed by atoms with Crippen LogP contribution in [0, 0.1) is 5.92 Å². The summed E-state index contributed by atoms with van der Waals surface area (Å²) in [6, 6.07) is 11.4. The lowest BCUT2D eigenvalue weighted by atomic mass is 10.0. The SMILES string of the molecule is CCCC(C)OC1CC(C(C)C)N(c2ccccc2)C1. The lowest BCUT2D eigenvalue weighted by molar-refractivity contribution is 0.00362. The van der Waals surface area contributed by atoms with Gasteiger partial charge in [-0.2, -0.15) is 0 Å². The first-order valence-electron chi connectivity index (χ1n) is 8.09. The van der Waals surface area contributed by atoms with E-state index in [1.54, 1.807) is 0 Å². The van der Waals surface area contributed by atoms with Gasteiger partial charge in [0.05, 0.1) is 12.2 Å². The van der Waals surface area contributed by atoms with Gasteiger partial charge in [0.2, 0.25) is 0 Å². The van der Waals surface area contributed by atoms with Crippen molar-refractivity contribution in [3.63, 3.8) is 0 Å². The van der Waals surface area contributed by atoms with E-state index < -0.39 is 0 Å². The number of hydrogen-bond donors (Lipinski definition) is 0. The molecule has 3 unspecified atom stereocenters.